The van der Waals surface area contributed by atoms with Crippen molar-refractivity contribution in [2.45, 2.75) is 25.7 Å². The molecule has 0 bridgehead atoms. The van der Waals surface area contributed by atoms with E-state index in [1.807, 2.05) is 13.0 Å². The van der Waals surface area contributed by atoms with Crippen LogP contribution in [0.15, 0.2) is 42.5 Å². The fourth-order valence-corrected chi connectivity index (χ4v) is 2.42. The van der Waals surface area contributed by atoms with Gasteiger partial charge in [0.25, 0.3) is 0 Å². The van der Waals surface area contributed by atoms with Gasteiger partial charge in [-0.3, -0.25) is 0 Å². The summed E-state index contributed by atoms with van der Waals surface area (Å²) in [6.45, 7) is 2.23. The second-order valence-corrected chi connectivity index (χ2v) is 5.41. The fraction of sp³-hybridized carbons (Fsp3) is 0.333. The second-order valence-electron chi connectivity index (χ2n) is 5.41. The molecule has 0 spiro atoms. The minimum Gasteiger partial charge on any atom is -0.497 e. The molecule has 0 aliphatic carbocycles. The van der Waals surface area contributed by atoms with Crippen molar-refractivity contribution in [3.8, 4) is 11.5 Å². The zero-order chi connectivity index (χ0) is 17.7. The third-order valence-electron chi connectivity index (χ3n) is 3.77. The van der Waals surface area contributed by atoms with E-state index in [-0.39, 0.29) is 6.04 Å². The van der Waals surface area contributed by atoms with Crippen LogP contribution in [0.2, 0.25) is 0 Å². The highest BCUT2D eigenvalue weighted by atomic mass is 19.4. The van der Waals surface area contributed by atoms with E-state index in [2.05, 4.69) is 5.32 Å². The Morgan fingerprint density at radius 2 is 1.79 bits per heavy atom. The van der Waals surface area contributed by atoms with E-state index in [4.69, 9.17) is 9.47 Å². The molecule has 0 aliphatic rings. The lowest BCUT2D eigenvalue weighted by Gasteiger charge is -2.18. The summed E-state index contributed by atoms with van der Waals surface area (Å²) in [5.74, 6) is 1.39. The summed E-state index contributed by atoms with van der Waals surface area (Å²) in [7, 11) is 3.15. The quantitative estimate of drug-likeness (QED) is 0.836. The molecule has 0 saturated carbocycles. The lowest BCUT2D eigenvalue weighted by molar-refractivity contribution is -0.137. The Kier molecular flexibility index (Phi) is 5.72. The molecule has 24 heavy (non-hydrogen) atoms. The summed E-state index contributed by atoms with van der Waals surface area (Å²) in [4.78, 5) is 0. The molecule has 6 heteroatoms. The molecular weight excluding hydrogens is 319 g/mol. The van der Waals surface area contributed by atoms with Crippen LogP contribution in [0.25, 0.3) is 0 Å². The SMILES string of the molecule is COc1ccc(OC)c(C(C)NCc2cccc(C(F)(F)F)c2)c1. The molecule has 0 saturated heterocycles. The Morgan fingerprint density at radius 1 is 1.04 bits per heavy atom. The second kappa shape index (κ2) is 7.57. The predicted octanol–water partition coefficient (Wildman–Crippen LogP) is 4.57. The van der Waals surface area contributed by atoms with Crippen LogP contribution < -0.4 is 14.8 Å². The van der Waals surface area contributed by atoms with Crippen LogP contribution in [-0.4, -0.2) is 14.2 Å². The minimum atomic E-state index is -4.34. The van der Waals surface area contributed by atoms with Crippen molar-refractivity contribution in [1.82, 2.24) is 5.32 Å². The van der Waals surface area contributed by atoms with Crippen LogP contribution in [0.1, 0.15) is 29.7 Å². The minimum absolute atomic E-state index is 0.121. The molecule has 2 aromatic rings. The molecule has 1 atom stereocenters. The van der Waals surface area contributed by atoms with Gasteiger partial charge in [0, 0.05) is 18.2 Å². The molecule has 1 N–H and O–H groups in total. The lowest BCUT2D eigenvalue weighted by atomic mass is 10.1. The van der Waals surface area contributed by atoms with Crippen LogP contribution in [-0.2, 0) is 12.7 Å². The molecule has 2 rings (SSSR count). The third-order valence-corrected chi connectivity index (χ3v) is 3.77. The molecule has 3 nitrogen and oxygen atoms in total. The van der Waals surface area contributed by atoms with Crippen LogP contribution in [0, 0.1) is 0 Å². The molecule has 0 aliphatic heterocycles. The first-order valence-electron chi connectivity index (χ1n) is 7.46. The zero-order valence-electron chi connectivity index (χ0n) is 13.8. The highest BCUT2D eigenvalue weighted by Crippen LogP contribution is 2.31. The van der Waals surface area contributed by atoms with Gasteiger partial charge in [0.2, 0.25) is 0 Å². The third kappa shape index (κ3) is 4.41. The Balaban J connectivity index is 2.12. The number of rotatable bonds is 6. The Morgan fingerprint density at radius 3 is 2.42 bits per heavy atom. The number of halogens is 3. The van der Waals surface area contributed by atoms with Gasteiger partial charge < -0.3 is 14.8 Å². The first-order chi connectivity index (χ1) is 11.3. The van der Waals surface area contributed by atoms with E-state index < -0.39 is 11.7 Å². The van der Waals surface area contributed by atoms with Gasteiger partial charge in [-0.1, -0.05) is 18.2 Å². The number of methoxy groups -OCH3 is 2. The molecule has 2 aromatic carbocycles. The number of hydrogen-bond acceptors (Lipinski definition) is 3. The van der Waals surface area contributed by atoms with Crippen molar-refractivity contribution in [3.05, 3.63) is 59.2 Å². The fourth-order valence-electron chi connectivity index (χ4n) is 2.42. The van der Waals surface area contributed by atoms with E-state index in [0.717, 1.165) is 17.7 Å². The van der Waals surface area contributed by atoms with Gasteiger partial charge in [0.15, 0.2) is 0 Å². The Hall–Kier alpha value is -2.21. The monoisotopic (exact) mass is 339 g/mol. The molecule has 0 amide bonds. The van der Waals surface area contributed by atoms with Crippen LogP contribution in [0.5, 0.6) is 11.5 Å². The first kappa shape index (κ1) is 18.1. The Bertz CT molecular complexity index is 686. The molecule has 0 aromatic heterocycles. The van der Waals surface area contributed by atoms with Crippen molar-refractivity contribution >= 4 is 0 Å². The van der Waals surface area contributed by atoms with Gasteiger partial charge in [-0.2, -0.15) is 13.2 Å². The maximum atomic E-state index is 12.8. The van der Waals surface area contributed by atoms with E-state index in [1.165, 1.54) is 6.07 Å². The van der Waals surface area contributed by atoms with Gasteiger partial charge in [-0.15, -0.1) is 0 Å². The van der Waals surface area contributed by atoms with Crippen LogP contribution in [0.4, 0.5) is 13.2 Å². The zero-order valence-corrected chi connectivity index (χ0v) is 13.8. The molecule has 0 radical (unpaired) electrons. The number of nitrogens with one attached hydrogen (secondary N) is 1. The van der Waals surface area contributed by atoms with E-state index >= 15 is 0 Å². The molecular formula is C18H20F3NO2. The summed E-state index contributed by atoms with van der Waals surface area (Å²) in [5, 5.41) is 3.22. The van der Waals surface area contributed by atoms with Crippen LogP contribution in [0.3, 0.4) is 0 Å². The molecule has 130 valence electrons. The van der Waals surface area contributed by atoms with E-state index in [1.54, 1.807) is 32.4 Å². The highest BCUT2D eigenvalue weighted by molar-refractivity contribution is 5.42. The average molecular weight is 339 g/mol. The lowest BCUT2D eigenvalue weighted by Crippen LogP contribution is -2.19. The topological polar surface area (TPSA) is 30.5 Å². The summed E-state index contributed by atoms with van der Waals surface area (Å²) >= 11 is 0. The van der Waals surface area contributed by atoms with Crippen molar-refractivity contribution < 1.29 is 22.6 Å². The summed E-state index contributed by atoms with van der Waals surface area (Å²) in [5.41, 5.74) is 0.802. The van der Waals surface area contributed by atoms with Crippen LogP contribution >= 0.6 is 0 Å². The first-order valence-corrected chi connectivity index (χ1v) is 7.46. The standard InChI is InChI=1S/C18H20F3NO2/c1-12(16-10-15(23-2)7-8-17(16)24-3)22-11-13-5-4-6-14(9-13)18(19,20)21/h4-10,12,22H,11H2,1-3H3. The van der Waals surface area contributed by atoms with Gasteiger partial charge in [0.05, 0.1) is 19.8 Å². The largest absolute Gasteiger partial charge is 0.497 e. The smallest absolute Gasteiger partial charge is 0.416 e. The van der Waals surface area contributed by atoms with E-state index in [0.29, 0.717) is 23.6 Å². The maximum absolute atomic E-state index is 12.8. The van der Waals surface area contributed by atoms with Crippen molar-refractivity contribution in [3.63, 3.8) is 0 Å². The molecule has 0 heterocycles. The van der Waals surface area contributed by atoms with Gasteiger partial charge in [0.1, 0.15) is 11.5 Å². The average Bonchev–Trinajstić information content (AvgIpc) is 2.58. The number of hydrogen-bond donors (Lipinski definition) is 1. The predicted molar refractivity (Wildman–Crippen MR) is 86.2 cm³/mol. The summed E-state index contributed by atoms with van der Waals surface area (Å²) in [6, 6.07) is 10.6. The molecule has 1 unspecified atom stereocenters. The van der Waals surface area contributed by atoms with Crippen molar-refractivity contribution in [2.24, 2.45) is 0 Å². The normalized spacial score (nSPS) is 12.8. The van der Waals surface area contributed by atoms with Crippen molar-refractivity contribution in [1.29, 1.82) is 0 Å². The summed E-state index contributed by atoms with van der Waals surface area (Å²) in [6.07, 6.45) is -4.34. The van der Waals surface area contributed by atoms with Gasteiger partial charge >= 0.3 is 6.18 Å². The van der Waals surface area contributed by atoms with Gasteiger partial charge in [-0.25, -0.2) is 0 Å². The highest BCUT2D eigenvalue weighted by Gasteiger charge is 2.30. The maximum Gasteiger partial charge on any atom is 0.416 e. The Labute approximate surface area is 139 Å². The van der Waals surface area contributed by atoms with Crippen molar-refractivity contribution in [2.75, 3.05) is 14.2 Å². The number of benzene rings is 2. The molecule has 0 fully saturated rings. The summed E-state index contributed by atoms with van der Waals surface area (Å²) < 4.78 is 48.8. The number of ether oxygens (including phenoxy) is 2. The number of alkyl halides is 3. The van der Waals surface area contributed by atoms with Gasteiger partial charge in [-0.05, 0) is 36.8 Å². The van der Waals surface area contributed by atoms with E-state index in [9.17, 15) is 13.2 Å².